The van der Waals surface area contributed by atoms with Crippen molar-refractivity contribution in [3.8, 4) is 11.5 Å². The van der Waals surface area contributed by atoms with Gasteiger partial charge in [-0.1, -0.05) is 0 Å². The maximum Gasteiger partial charge on any atom is 0.337 e. The van der Waals surface area contributed by atoms with Crippen LogP contribution in [0.4, 0.5) is 0 Å². The van der Waals surface area contributed by atoms with Crippen molar-refractivity contribution in [2.45, 2.75) is 13.0 Å². The molecule has 2 aromatic rings. The number of aliphatic hydroxyl groups excluding tert-OH is 1. The van der Waals surface area contributed by atoms with E-state index in [1.807, 2.05) is 0 Å². The maximum atomic E-state index is 11.3. The van der Waals surface area contributed by atoms with E-state index < -0.39 is 5.97 Å². The molecule has 2 rings (SSSR count). The molecular formula is C14H17NO5. The van der Waals surface area contributed by atoms with Gasteiger partial charge >= 0.3 is 5.97 Å². The molecule has 0 aliphatic rings. The average Bonchev–Trinajstić information content (AvgIpc) is 2.81. The van der Waals surface area contributed by atoms with E-state index in [4.69, 9.17) is 14.6 Å². The van der Waals surface area contributed by atoms with Crippen LogP contribution >= 0.6 is 0 Å². The van der Waals surface area contributed by atoms with Crippen molar-refractivity contribution < 1.29 is 24.5 Å². The number of nitrogens with zero attached hydrogens (tertiary/aromatic N) is 1. The fraction of sp³-hybridized carbons (Fsp3) is 0.357. The predicted octanol–water partition coefficient (Wildman–Crippen LogP) is 1.74. The first-order chi connectivity index (χ1) is 9.62. The summed E-state index contributed by atoms with van der Waals surface area (Å²) in [4.78, 5) is 11.3. The lowest BCUT2D eigenvalue weighted by Crippen LogP contribution is -1.99. The van der Waals surface area contributed by atoms with Crippen LogP contribution in [0.25, 0.3) is 10.9 Å². The number of ether oxygens (including phenoxy) is 2. The minimum absolute atomic E-state index is 0.0510. The van der Waals surface area contributed by atoms with Crippen LogP contribution in [0.3, 0.4) is 0 Å². The Balaban J connectivity index is 2.66. The first-order valence-corrected chi connectivity index (χ1v) is 6.21. The molecular weight excluding hydrogens is 262 g/mol. The lowest BCUT2D eigenvalue weighted by atomic mass is 10.1. The molecule has 0 saturated heterocycles. The van der Waals surface area contributed by atoms with Gasteiger partial charge in [-0.3, -0.25) is 0 Å². The summed E-state index contributed by atoms with van der Waals surface area (Å²) in [6.07, 6.45) is 2.12. The van der Waals surface area contributed by atoms with Crippen LogP contribution in [0.2, 0.25) is 0 Å². The standard InChI is InChI=1S/C14H17NO5/c1-19-12-6-9-10(14(17)18)8-15(4-3-5-16)11(9)7-13(12)20-2/h6-8,16H,3-5H2,1-2H3,(H,17,18). The Bertz CT molecular complexity index is 632. The number of rotatable bonds is 6. The van der Waals surface area contributed by atoms with Crippen LogP contribution in [-0.4, -0.2) is 41.6 Å². The molecule has 0 aliphatic heterocycles. The van der Waals surface area contributed by atoms with E-state index in [9.17, 15) is 9.90 Å². The van der Waals surface area contributed by atoms with Crippen LogP contribution in [0.1, 0.15) is 16.8 Å². The van der Waals surface area contributed by atoms with E-state index in [-0.39, 0.29) is 12.2 Å². The van der Waals surface area contributed by atoms with E-state index in [1.54, 1.807) is 22.9 Å². The normalized spacial score (nSPS) is 10.8. The van der Waals surface area contributed by atoms with Crippen LogP contribution in [0.5, 0.6) is 11.5 Å². The Morgan fingerprint density at radius 1 is 1.25 bits per heavy atom. The molecule has 0 radical (unpaired) electrons. The quantitative estimate of drug-likeness (QED) is 0.841. The lowest BCUT2D eigenvalue weighted by Gasteiger charge is -2.09. The highest BCUT2D eigenvalue weighted by Gasteiger charge is 2.17. The summed E-state index contributed by atoms with van der Waals surface area (Å²) >= 11 is 0. The summed E-state index contributed by atoms with van der Waals surface area (Å²) in [5.74, 6) is 0.0349. The van der Waals surface area contributed by atoms with Crippen LogP contribution in [-0.2, 0) is 6.54 Å². The van der Waals surface area contributed by atoms with Crippen molar-refractivity contribution in [2.24, 2.45) is 0 Å². The van der Waals surface area contributed by atoms with E-state index in [0.717, 1.165) is 5.52 Å². The molecule has 1 heterocycles. The number of hydrogen-bond acceptors (Lipinski definition) is 4. The molecule has 108 valence electrons. The molecule has 0 saturated carbocycles. The average molecular weight is 279 g/mol. The van der Waals surface area contributed by atoms with E-state index in [0.29, 0.717) is 29.9 Å². The second-order valence-corrected chi connectivity index (χ2v) is 4.34. The van der Waals surface area contributed by atoms with Crippen molar-refractivity contribution in [3.05, 3.63) is 23.9 Å². The summed E-state index contributed by atoms with van der Waals surface area (Å²) in [5, 5.41) is 18.8. The third kappa shape index (κ3) is 2.42. The monoisotopic (exact) mass is 279 g/mol. The number of benzene rings is 1. The van der Waals surface area contributed by atoms with Crippen LogP contribution in [0.15, 0.2) is 18.3 Å². The summed E-state index contributed by atoms with van der Waals surface area (Å²) in [7, 11) is 3.04. The highest BCUT2D eigenvalue weighted by molar-refractivity contribution is 6.04. The second kappa shape index (κ2) is 5.83. The van der Waals surface area contributed by atoms with Gasteiger partial charge in [0, 0.05) is 30.8 Å². The number of aryl methyl sites for hydroxylation is 1. The number of aromatic nitrogens is 1. The highest BCUT2D eigenvalue weighted by atomic mass is 16.5. The molecule has 0 unspecified atom stereocenters. The van der Waals surface area contributed by atoms with Crippen molar-refractivity contribution in [1.29, 1.82) is 0 Å². The van der Waals surface area contributed by atoms with Gasteiger partial charge in [0.25, 0.3) is 0 Å². The third-order valence-corrected chi connectivity index (χ3v) is 3.17. The number of aliphatic hydroxyl groups is 1. The molecule has 0 spiro atoms. The molecule has 6 heteroatoms. The van der Waals surface area contributed by atoms with E-state index >= 15 is 0 Å². The van der Waals surface area contributed by atoms with E-state index in [1.165, 1.54) is 14.2 Å². The Hall–Kier alpha value is -2.21. The van der Waals surface area contributed by atoms with Gasteiger partial charge in [-0.25, -0.2) is 4.79 Å². The number of carboxylic acid groups (broad SMARTS) is 1. The molecule has 6 nitrogen and oxygen atoms in total. The van der Waals surface area contributed by atoms with Gasteiger partial charge in [0.1, 0.15) is 0 Å². The number of methoxy groups -OCH3 is 2. The van der Waals surface area contributed by atoms with Crippen LogP contribution < -0.4 is 9.47 Å². The predicted molar refractivity (Wildman–Crippen MR) is 73.7 cm³/mol. The smallest absolute Gasteiger partial charge is 0.337 e. The number of fused-ring (bicyclic) bond motifs is 1. The molecule has 0 atom stereocenters. The Kier molecular flexibility index (Phi) is 4.14. The largest absolute Gasteiger partial charge is 0.493 e. The Morgan fingerprint density at radius 3 is 2.45 bits per heavy atom. The van der Waals surface area contributed by atoms with Crippen LogP contribution in [0, 0.1) is 0 Å². The van der Waals surface area contributed by atoms with Crippen molar-refractivity contribution in [2.75, 3.05) is 20.8 Å². The molecule has 0 bridgehead atoms. The lowest BCUT2D eigenvalue weighted by molar-refractivity contribution is 0.0699. The molecule has 0 fully saturated rings. The Morgan fingerprint density at radius 2 is 1.90 bits per heavy atom. The van der Waals surface area contributed by atoms with Gasteiger partial charge in [0.2, 0.25) is 0 Å². The van der Waals surface area contributed by atoms with Crippen molar-refractivity contribution in [1.82, 2.24) is 4.57 Å². The zero-order valence-electron chi connectivity index (χ0n) is 11.4. The van der Waals surface area contributed by atoms with Gasteiger partial charge in [-0.15, -0.1) is 0 Å². The van der Waals surface area contributed by atoms with Crippen molar-refractivity contribution >= 4 is 16.9 Å². The summed E-state index contributed by atoms with van der Waals surface area (Å²) < 4.78 is 12.2. The van der Waals surface area contributed by atoms with Gasteiger partial charge in [0.05, 0.1) is 25.3 Å². The van der Waals surface area contributed by atoms with Gasteiger partial charge in [-0.05, 0) is 12.5 Å². The van der Waals surface area contributed by atoms with Gasteiger partial charge < -0.3 is 24.3 Å². The Labute approximate surface area is 116 Å². The fourth-order valence-corrected chi connectivity index (χ4v) is 2.21. The highest BCUT2D eigenvalue weighted by Crippen LogP contribution is 2.34. The van der Waals surface area contributed by atoms with Gasteiger partial charge in [-0.2, -0.15) is 0 Å². The minimum Gasteiger partial charge on any atom is -0.493 e. The molecule has 1 aromatic heterocycles. The molecule has 1 aromatic carbocycles. The molecule has 20 heavy (non-hydrogen) atoms. The SMILES string of the molecule is COc1cc2c(C(=O)O)cn(CCCO)c2cc1OC. The topological polar surface area (TPSA) is 80.9 Å². The number of aromatic carboxylic acids is 1. The second-order valence-electron chi connectivity index (χ2n) is 4.34. The first-order valence-electron chi connectivity index (χ1n) is 6.21. The number of hydrogen-bond donors (Lipinski definition) is 2. The third-order valence-electron chi connectivity index (χ3n) is 3.17. The molecule has 0 aliphatic carbocycles. The zero-order chi connectivity index (χ0) is 14.7. The minimum atomic E-state index is -0.995. The van der Waals surface area contributed by atoms with Crippen molar-refractivity contribution in [3.63, 3.8) is 0 Å². The zero-order valence-corrected chi connectivity index (χ0v) is 11.4. The number of carboxylic acids is 1. The number of carbonyl (C=O) groups is 1. The first kappa shape index (κ1) is 14.2. The fourth-order valence-electron chi connectivity index (χ4n) is 2.21. The summed E-state index contributed by atoms with van der Waals surface area (Å²) in [5.41, 5.74) is 0.951. The molecule has 0 amide bonds. The summed E-state index contributed by atoms with van der Waals surface area (Å²) in [6, 6.07) is 3.41. The van der Waals surface area contributed by atoms with Gasteiger partial charge in [0.15, 0.2) is 11.5 Å². The summed E-state index contributed by atoms with van der Waals surface area (Å²) in [6.45, 7) is 0.588. The molecule has 2 N–H and O–H groups in total. The van der Waals surface area contributed by atoms with E-state index in [2.05, 4.69) is 0 Å². The maximum absolute atomic E-state index is 11.3.